The number of hydrogen-bond acceptors (Lipinski definition) is 6. The third kappa shape index (κ3) is 2.71. The smallest absolute Gasteiger partial charge is 0.337 e. The molecule has 1 fully saturated rings. The van der Waals surface area contributed by atoms with E-state index in [-0.39, 0.29) is 12.2 Å². The Bertz CT molecular complexity index is 480. The van der Waals surface area contributed by atoms with E-state index in [9.17, 15) is 4.79 Å². The fourth-order valence-electron chi connectivity index (χ4n) is 2.48. The Labute approximate surface area is 118 Å². The quantitative estimate of drug-likeness (QED) is 0.652. The third-order valence-corrected chi connectivity index (χ3v) is 3.61. The summed E-state index contributed by atoms with van der Waals surface area (Å²) in [6, 6.07) is 5.16. The van der Waals surface area contributed by atoms with Gasteiger partial charge in [0.25, 0.3) is 0 Å². The Kier molecular flexibility index (Phi) is 4.46. The number of nitrogens with zero attached hydrogens (tertiary/aromatic N) is 1. The molecule has 1 aromatic carbocycles. The van der Waals surface area contributed by atoms with Crippen molar-refractivity contribution in [1.29, 1.82) is 0 Å². The molecule has 20 heavy (non-hydrogen) atoms. The molecule has 6 heteroatoms. The van der Waals surface area contributed by atoms with Crippen molar-refractivity contribution in [3.05, 3.63) is 23.8 Å². The summed E-state index contributed by atoms with van der Waals surface area (Å²) in [7, 11) is 4.69. The number of nitrogen functional groups attached to an aromatic ring is 1. The number of methoxy groups -OCH3 is 3. The predicted molar refractivity (Wildman–Crippen MR) is 76.0 cm³/mol. The highest BCUT2D eigenvalue weighted by molar-refractivity contribution is 5.92. The molecule has 1 heterocycles. The Morgan fingerprint density at radius 2 is 1.80 bits per heavy atom. The Balaban J connectivity index is 2.20. The molecule has 0 aliphatic carbocycles. The van der Waals surface area contributed by atoms with Gasteiger partial charge in [-0.25, -0.2) is 4.79 Å². The second-order valence-corrected chi connectivity index (χ2v) is 4.72. The Morgan fingerprint density at radius 3 is 2.25 bits per heavy atom. The SMILES string of the molecule is COC(=O)c1ccc(N2CC(OC)C(OC)C2)c(N)c1. The molecule has 1 aliphatic rings. The monoisotopic (exact) mass is 280 g/mol. The fraction of sp³-hybridized carbons (Fsp3) is 0.500. The van der Waals surface area contributed by atoms with Crippen molar-refractivity contribution in [2.45, 2.75) is 12.2 Å². The zero-order valence-electron chi connectivity index (χ0n) is 12.0. The summed E-state index contributed by atoms with van der Waals surface area (Å²) in [6.45, 7) is 1.41. The van der Waals surface area contributed by atoms with E-state index >= 15 is 0 Å². The van der Waals surface area contributed by atoms with Gasteiger partial charge in [-0.15, -0.1) is 0 Å². The van der Waals surface area contributed by atoms with Crippen LogP contribution in [0.4, 0.5) is 11.4 Å². The van der Waals surface area contributed by atoms with E-state index in [1.54, 1.807) is 26.4 Å². The maximum Gasteiger partial charge on any atom is 0.337 e. The topological polar surface area (TPSA) is 74.0 Å². The molecule has 2 N–H and O–H groups in total. The van der Waals surface area contributed by atoms with Crippen LogP contribution in [0.5, 0.6) is 0 Å². The summed E-state index contributed by atoms with van der Waals surface area (Å²) in [6.07, 6.45) is 0.0272. The summed E-state index contributed by atoms with van der Waals surface area (Å²) in [5.41, 5.74) is 7.90. The van der Waals surface area contributed by atoms with Gasteiger partial charge < -0.3 is 24.8 Å². The second kappa shape index (κ2) is 6.11. The first-order valence-electron chi connectivity index (χ1n) is 6.39. The number of carbonyl (C=O) groups is 1. The lowest BCUT2D eigenvalue weighted by Crippen LogP contribution is -2.27. The van der Waals surface area contributed by atoms with E-state index in [4.69, 9.17) is 15.2 Å². The number of benzene rings is 1. The number of hydrogen-bond donors (Lipinski definition) is 1. The molecular formula is C14H20N2O4. The molecule has 1 aliphatic heterocycles. The highest BCUT2D eigenvalue weighted by atomic mass is 16.5. The second-order valence-electron chi connectivity index (χ2n) is 4.72. The average molecular weight is 280 g/mol. The van der Waals surface area contributed by atoms with Crippen LogP contribution >= 0.6 is 0 Å². The molecule has 110 valence electrons. The summed E-state index contributed by atoms with van der Waals surface area (Å²) in [5.74, 6) is -0.394. The molecule has 1 aromatic rings. The van der Waals surface area contributed by atoms with Crippen LogP contribution in [0.1, 0.15) is 10.4 Å². The van der Waals surface area contributed by atoms with Crippen LogP contribution < -0.4 is 10.6 Å². The van der Waals surface area contributed by atoms with E-state index in [1.807, 2.05) is 6.07 Å². The van der Waals surface area contributed by atoms with Crippen LogP contribution in [0.3, 0.4) is 0 Å². The molecule has 0 aromatic heterocycles. The first kappa shape index (κ1) is 14.6. The van der Waals surface area contributed by atoms with Crippen LogP contribution in [0.2, 0.25) is 0 Å². The number of rotatable bonds is 4. The van der Waals surface area contributed by atoms with Crippen molar-refractivity contribution in [2.75, 3.05) is 45.1 Å². The van der Waals surface area contributed by atoms with Crippen LogP contribution in [-0.2, 0) is 14.2 Å². The average Bonchev–Trinajstić information content (AvgIpc) is 2.89. The minimum atomic E-state index is -0.394. The minimum absolute atomic E-state index is 0.0136. The number of esters is 1. The summed E-state index contributed by atoms with van der Waals surface area (Å²) in [5, 5.41) is 0. The predicted octanol–water partition coefficient (Wildman–Crippen LogP) is 0.905. The van der Waals surface area contributed by atoms with Gasteiger partial charge in [-0.3, -0.25) is 0 Å². The van der Waals surface area contributed by atoms with E-state index in [0.717, 1.165) is 5.69 Å². The molecule has 1 saturated heterocycles. The van der Waals surface area contributed by atoms with Gasteiger partial charge in [0.15, 0.2) is 0 Å². The van der Waals surface area contributed by atoms with Crippen molar-refractivity contribution < 1.29 is 19.0 Å². The molecule has 2 atom stereocenters. The van der Waals surface area contributed by atoms with Crippen LogP contribution in [0.25, 0.3) is 0 Å². The lowest BCUT2D eigenvalue weighted by molar-refractivity contribution is -0.00461. The molecule has 0 radical (unpaired) electrons. The van der Waals surface area contributed by atoms with Gasteiger partial charge in [0.1, 0.15) is 12.2 Å². The molecule has 2 unspecified atom stereocenters. The van der Waals surface area contributed by atoms with Gasteiger partial charge in [0.2, 0.25) is 0 Å². The van der Waals surface area contributed by atoms with E-state index < -0.39 is 5.97 Å². The first-order valence-corrected chi connectivity index (χ1v) is 6.39. The van der Waals surface area contributed by atoms with Gasteiger partial charge >= 0.3 is 5.97 Å². The van der Waals surface area contributed by atoms with Gasteiger partial charge in [-0.05, 0) is 18.2 Å². The van der Waals surface area contributed by atoms with Crippen molar-refractivity contribution in [3.63, 3.8) is 0 Å². The highest BCUT2D eigenvalue weighted by Crippen LogP contribution is 2.29. The van der Waals surface area contributed by atoms with Crippen LogP contribution in [0, 0.1) is 0 Å². The van der Waals surface area contributed by atoms with Crippen LogP contribution in [-0.4, -0.2) is 52.6 Å². The first-order chi connectivity index (χ1) is 9.60. The zero-order chi connectivity index (χ0) is 14.7. The number of carbonyl (C=O) groups excluding carboxylic acids is 1. The molecular weight excluding hydrogens is 260 g/mol. The maximum absolute atomic E-state index is 11.5. The summed E-state index contributed by atoms with van der Waals surface area (Å²) in [4.78, 5) is 13.6. The molecule has 0 saturated carbocycles. The molecule has 6 nitrogen and oxygen atoms in total. The van der Waals surface area contributed by atoms with Crippen molar-refractivity contribution in [3.8, 4) is 0 Å². The third-order valence-electron chi connectivity index (χ3n) is 3.61. The van der Waals surface area contributed by atoms with E-state index in [1.165, 1.54) is 7.11 Å². The summed E-state index contributed by atoms with van der Waals surface area (Å²) < 4.78 is 15.5. The fourth-order valence-corrected chi connectivity index (χ4v) is 2.48. The molecule has 2 rings (SSSR count). The summed E-state index contributed by atoms with van der Waals surface area (Å²) >= 11 is 0. The minimum Gasteiger partial charge on any atom is -0.465 e. The lowest BCUT2D eigenvalue weighted by atomic mass is 10.1. The van der Waals surface area contributed by atoms with Gasteiger partial charge in [-0.2, -0.15) is 0 Å². The van der Waals surface area contributed by atoms with Crippen LogP contribution in [0.15, 0.2) is 18.2 Å². The normalized spacial score (nSPS) is 22.1. The van der Waals surface area contributed by atoms with E-state index in [0.29, 0.717) is 24.3 Å². The van der Waals surface area contributed by atoms with Gasteiger partial charge in [-0.1, -0.05) is 0 Å². The molecule has 0 amide bonds. The van der Waals surface area contributed by atoms with Crippen molar-refractivity contribution in [2.24, 2.45) is 0 Å². The lowest BCUT2D eigenvalue weighted by Gasteiger charge is -2.20. The Morgan fingerprint density at radius 1 is 1.20 bits per heavy atom. The van der Waals surface area contributed by atoms with Gasteiger partial charge in [0, 0.05) is 27.3 Å². The number of nitrogens with two attached hydrogens (primary N) is 1. The van der Waals surface area contributed by atoms with E-state index in [2.05, 4.69) is 9.64 Å². The maximum atomic E-state index is 11.5. The Hall–Kier alpha value is -1.79. The highest BCUT2D eigenvalue weighted by Gasteiger charge is 2.33. The standard InChI is InChI=1S/C14H20N2O4/c1-18-12-7-16(8-13(12)19-2)11-5-4-9(6-10(11)15)14(17)20-3/h4-6,12-13H,7-8,15H2,1-3H3. The van der Waals surface area contributed by atoms with Crippen molar-refractivity contribution in [1.82, 2.24) is 0 Å². The molecule has 0 bridgehead atoms. The van der Waals surface area contributed by atoms with Gasteiger partial charge in [0.05, 0.1) is 24.0 Å². The van der Waals surface area contributed by atoms with Crippen molar-refractivity contribution >= 4 is 17.3 Å². The number of anilines is 2. The largest absolute Gasteiger partial charge is 0.465 e. The number of ether oxygens (including phenoxy) is 3. The zero-order valence-corrected chi connectivity index (χ0v) is 12.0. The molecule has 0 spiro atoms.